The van der Waals surface area contributed by atoms with Crippen LogP contribution in [0.3, 0.4) is 0 Å². The predicted molar refractivity (Wildman–Crippen MR) is 130 cm³/mol. The van der Waals surface area contributed by atoms with Gasteiger partial charge in [-0.1, -0.05) is 23.5 Å². The molecule has 0 saturated carbocycles. The number of sulfonamides is 1. The minimum Gasteiger partial charge on any atom is -0.497 e. The molecule has 4 aromatic rings. The van der Waals surface area contributed by atoms with Gasteiger partial charge in [-0.25, -0.2) is 22.2 Å². The third-order valence-electron chi connectivity index (χ3n) is 5.86. The van der Waals surface area contributed by atoms with Crippen molar-refractivity contribution in [3.63, 3.8) is 0 Å². The van der Waals surface area contributed by atoms with Gasteiger partial charge in [0.15, 0.2) is 11.6 Å². The first-order valence-corrected chi connectivity index (χ1v) is 13.2. The highest BCUT2D eigenvalue weighted by molar-refractivity contribution is 7.89. The Hall–Kier alpha value is -3.26. The summed E-state index contributed by atoms with van der Waals surface area (Å²) < 4.78 is 60.1. The van der Waals surface area contributed by atoms with Gasteiger partial charge in [-0.2, -0.15) is 13.9 Å². The molecule has 5 rings (SSSR count). The van der Waals surface area contributed by atoms with Crippen molar-refractivity contribution in [1.82, 2.24) is 23.8 Å². The first-order valence-electron chi connectivity index (χ1n) is 11.0. The minimum atomic E-state index is -3.95. The smallest absolute Gasteiger partial charge is 0.275 e. The fourth-order valence-electron chi connectivity index (χ4n) is 3.95. The van der Waals surface area contributed by atoms with E-state index in [0.717, 1.165) is 17.7 Å². The van der Waals surface area contributed by atoms with Crippen LogP contribution < -0.4 is 10.3 Å². The van der Waals surface area contributed by atoms with Crippen molar-refractivity contribution in [3.05, 3.63) is 76.2 Å². The summed E-state index contributed by atoms with van der Waals surface area (Å²) in [6.45, 7) is 1.48. The number of nitrogens with zero attached hydrogens (tertiary/aromatic N) is 5. The van der Waals surface area contributed by atoms with Gasteiger partial charge in [-0.05, 0) is 30.3 Å². The van der Waals surface area contributed by atoms with Gasteiger partial charge >= 0.3 is 0 Å². The van der Waals surface area contributed by atoms with Crippen LogP contribution in [0.1, 0.15) is 5.69 Å². The molecule has 0 spiro atoms. The number of benzene rings is 2. The van der Waals surface area contributed by atoms with E-state index in [1.807, 2.05) is 29.2 Å². The molecule has 2 aromatic heterocycles. The summed E-state index contributed by atoms with van der Waals surface area (Å²) >= 11 is 1.29. The summed E-state index contributed by atoms with van der Waals surface area (Å²) in [4.78, 5) is 19.4. The molecule has 0 aliphatic carbocycles. The molecule has 1 aliphatic heterocycles. The van der Waals surface area contributed by atoms with Crippen LogP contribution in [0.25, 0.3) is 15.5 Å². The summed E-state index contributed by atoms with van der Waals surface area (Å²) in [6.07, 6.45) is 0. The molecule has 0 N–H and O–H groups in total. The maximum absolute atomic E-state index is 13.5. The van der Waals surface area contributed by atoms with Crippen LogP contribution in [0.15, 0.2) is 58.2 Å². The van der Waals surface area contributed by atoms with E-state index in [2.05, 4.69) is 10.1 Å². The third kappa shape index (κ3) is 4.74. The fourth-order valence-corrected chi connectivity index (χ4v) is 6.31. The molecule has 9 nitrogen and oxygen atoms in total. The SMILES string of the molecule is COc1cccc(-c2nn3c(=O)cc(CN4CCN(S(=O)(=O)c5ccc(F)c(F)c5)CC4)nc3s2)c1. The summed E-state index contributed by atoms with van der Waals surface area (Å²) in [5, 5.41) is 5.02. The molecule has 36 heavy (non-hydrogen) atoms. The van der Waals surface area contributed by atoms with Crippen LogP contribution >= 0.6 is 11.3 Å². The topological polar surface area (TPSA) is 97.1 Å². The Bertz CT molecular complexity index is 1600. The first kappa shape index (κ1) is 24.4. The highest BCUT2D eigenvalue weighted by atomic mass is 32.2. The second-order valence-corrected chi connectivity index (χ2v) is 11.1. The standard InChI is InChI=1S/C23H21F2N5O4S2/c1-34-17-4-2-3-15(11-17)22-27-30-21(31)12-16(26-23(30)35-22)14-28-7-9-29(10-8-28)36(32,33)18-5-6-19(24)20(25)13-18/h2-6,11-13H,7-10,14H2,1H3. The molecule has 0 bridgehead atoms. The lowest BCUT2D eigenvalue weighted by Gasteiger charge is -2.33. The van der Waals surface area contributed by atoms with Crippen LogP contribution in [0, 0.1) is 11.6 Å². The number of hydrogen-bond acceptors (Lipinski definition) is 8. The van der Waals surface area contributed by atoms with E-state index in [-0.39, 0.29) is 23.5 Å². The van der Waals surface area contributed by atoms with Crippen molar-refractivity contribution >= 4 is 26.3 Å². The predicted octanol–water partition coefficient (Wildman–Crippen LogP) is 2.61. The molecule has 0 radical (unpaired) electrons. The summed E-state index contributed by atoms with van der Waals surface area (Å²) in [5.41, 5.74) is 1.06. The number of methoxy groups -OCH3 is 1. The molecule has 0 atom stereocenters. The van der Waals surface area contributed by atoms with E-state index < -0.39 is 21.7 Å². The molecule has 2 aromatic carbocycles. The second kappa shape index (κ2) is 9.65. The maximum Gasteiger partial charge on any atom is 0.275 e. The molecule has 13 heteroatoms. The normalized spacial score (nSPS) is 15.4. The average Bonchev–Trinajstić information content (AvgIpc) is 3.31. The number of rotatable bonds is 6. The molecule has 0 amide bonds. The van der Waals surface area contributed by atoms with Crippen molar-refractivity contribution in [1.29, 1.82) is 0 Å². The number of aromatic nitrogens is 3. The van der Waals surface area contributed by atoms with Crippen LogP contribution in [0.2, 0.25) is 0 Å². The van der Waals surface area contributed by atoms with Crippen molar-refractivity contribution < 1.29 is 21.9 Å². The second-order valence-electron chi connectivity index (χ2n) is 8.18. The summed E-state index contributed by atoms with van der Waals surface area (Å²) in [6, 6.07) is 11.3. The summed E-state index contributed by atoms with van der Waals surface area (Å²) in [5.74, 6) is -1.63. The van der Waals surface area contributed by atoms with E-state index in [9.17, 15) is 22.0 Å². The van der Waals surface area contributed by atoms with E-state index in [1.54, 1.807) is 7.11 Å². The molecule has 1 fully saturated rings. The monoisotopic (exact) mass is 533 g/mol. The van der Waals surface area contributed by atoms with E-state index in [4.69, 9.17) is 4.74 Å². The van der Waals surface area contributed by atoms with Crippen molar-refractivity contribution in [2.75, 3.05) is 33.3 Å². The number of fused-ring (bicyclic) bond motifs is 1. The first-order chi connectivity index (χ1) is 17.2. The zero-order chi connectivity index (χ0) is 25.4. The Balaban J connectivity index is 1.30. The molecule has 188 valence electrons. The molecular formula is C23H21F2N5O4S2. The van der Waals surface area contributed by atoms with Gasteiger partial charge in [-0.15, -0.1) is 0 Å². The van der Waals surface area contributed by atoms with Gasteiger partial charge in [0.1, 0.15) is 10.8 Å². The van der Waals surface area contributed by atoms with Gasteiger partial charge < -0.3 is 4.74 Å². The lowest BCUT2D eigenvalue weighted by Crippen LogP contribution is -2.48. The maximum atomic E-state index is 13.5. The molecule has 1 saturated heterocycles. The Kier molecular flexibility index (Phi) is 6.55. The molecule has 0 unspecified atom stereocenters. The zero-order valence-corrected chi connectivity index (χ0v) is 20.7. The number of ether oxygens (including phenoxy) is 1. The van der Waals surface area contributed by atoms with Gasteiger partial charge in [0.25, 0.3) is 5.56 Å². The lowest BCUT2D eigenvalue weighted by molar-refractivity contribution is 0.180. The van der Waals surface area contributed by atoms with Crippen LogP contribution in [-0.2, 0) is 16.6 Å². The molecule has 3 heterocycles. The Morgan fingerprint density at radius 3 is 2.53 bits per heavy atom. The van der Waals surface area contributed by atoms with Gasteiger partial charge in [0.2, 0.25) is 15.0 Å². The van der Waals surface area contributed by atoms with Crippen LogP contribution in [0.5, 0.6) is 5.75 Å². The van der Waals surface area contributed by atoms with Crippen molar-refractivity contribution in [2.45, 2.75) is 11.4 Å². The lowest BCUT2D eigenvalue weighted by atomic mass is 10.2. The van der Waals surface area contributed by atoms with Gasteiger partial charge in [0, 0.05) is 44.4 Å². The fraction of sp³-hybridized carbons (Fsp3) is 0.261. The van der Waals surface area contributed by atoms with E-state index >= 15 is 0 Å². The third-order valence-corrected chi connectivity index (χ3v) is 8.71. The highest BCUT2D eigenvalue weighted by Crippen LogP contribution is 2.27. The quantitative estimate of drug-likeness (QED) is 0.376. The zero-order valence-electron chi connectivity index (χ0n) is 19.1. The van der Waals surface area contributed by atoms with Gasteiger partial charge in [-0.3, -0.25) is 9.69 Å². The Morgan fingerprint density at radius 1 is 1.03 bits per heavy atom. The van der Waals surface area contributed by atoms with Crippen molar-refractivity contribution in [2.24, 2.45) is 0 Å². The number of hydrogen-bond donors (Lipinski definition) is 0. The van der Waals surface area contributed by atoms with Crippen LogP contribution in [-0.4, -0.2) is 65.5 Å². The molecular weight excluding hydrogens is 512 g/mol. The largest absolute Gasteiger partial charge is 0.497 e. The Morgan fingerprint density at radius 2 is 1.81 bits per heavy atom. The van der Waals surface area contributed by atoms with E-state index in [1.165, 1.54) is 26.2 Å². The minimum absolute atomic E-state index is 0.170. The van der Waals surface area contributed by atoms with E-state index in [0.29, 0.717) is 47.1 Å². The average molecular weight is 534 g/mol. The van der Waals surface area contributed by atoms with Crippen LogP contribution in [0.4, 0.5) is 8.78 Å². The number of piperazine rings is 1. The Labute approximate surface area is 209 Å². The van der Waals surface area contributed by atoms with Crippen molar-refractivity contribution in [3.8, 4) is 16.3 Å². The highest BCUT2D eigenvalue weighted by Gasteiger charge is 2.29. The van der Waals surface area contributed by atoms with Gasteiger partial charge in [0.05, 0.1) is 17.7 Å². The number of halogens is 2. The molecule has 1 aliphatic rings. The summed E-state index contributed by atoms with van der Waals surface area (Å²) in [7, 11) is -2.37.